The van der Waals surface area contributed by atoms with E-state index in [2.05, 4.69) is 0 Å². The van der Waals surface area contributed by atoms with E-state index in [0.29, 0.717) is 18.5 Å². The lowest BCUT2D eigenvalue weighted by atomic mass is 9.92. The first-order valence-corrected chi connectivity index (χ1v) is 5.42. The molecule has 1 fully saturated rings. The van der Waals surface area contributed by atoms with Crippen molar-refractivity contribution in [3.8, 4) is 5.75 Å². The van der Waals surface area contributed by atoms with Crippen LogP contribution >= 0.6 is 0 Å². The molecule has 0 amide bonds. The third kappa shape index (κ3) is 2.03. The van der Waals surface area contributed by atoms with Crippen LogP contribution in [0.5, 0.6) is 5.75 Å². The van der Waals surface area contributed by atoms with Gasteiger partial charge >= 0.3 is 0 Å². The Labute approximate surface area is 98.6 Å². The minimum absolute atomic E-state index is 0.278. The Morgan fingerprint density at radius 1 is 1.59 bits per heavy atom. The molecule has 0 aliphatic carbocycles. The molecule has 1 aromatic carbocycles. The number of benzene rings is 1. The lowest BCUT2D eigenvalue weighted by Crippen LogP contribution is -2.32. The van der Waals surface area contributed by atoms with Crippen LogP contribution in [0.1, 0.15) is 17.9 Å². The lowest BCUT2D eigenvalue weighted by molar-refractivity contribution is -0.151. The molecule has 2 atom stereocenters. The van der Waals surface area contributed by atoms with Crippen LogP contribution in [0.3, 0.4) is 0 Å². The highest BCUT2D eigenvalue weighted by Crippen LogP contribution is 2.35. The highest BCUT2D eigenvalue weighted by Gasteiger charge is 2.37. The van der Waals surface area contributed by atoms with Crippen molar-refractivity contribution in [2.45, 2.75) is 18.4 Å². The number of carbonyl (C=O) groups is 1. The van der Waals surface area contributed by atoms with Crippen molar-refractivity contribution in [1.29, 1.82) is 0 Å². The van der Waals surface area contributed by atoms with Gasteiger partial charge < -0.3 is 14.7 Å². The number of aromatic hydroxyl groups is 1. The van der Waals surface area contributed by atoms with Crippen molar-refractivity contribution in [2.24, 2.45) is 0 Å². The number of aldehydes is 1. The molecule has 1 aliphatic rings. The maximum absolute atomic E-state index is 13.8. The van der Waals surface area contributed by atoms with Crippen LogP contribution in [-0.2, 0) is 9.63 Å². The number of carbonyl (C=O) groups excluding carboxylic acids is 1. The minimum atomic E-state index is -0.651. The van der Waals surface area contributed by atoms with Gasteiger partial charge in [-0.25, -0.2) is 4.39 Å². The van der Waals surface area contributed by atoms with Crippen molar-refractivity contribution in [2.75, 3.05) is 13.7 Å². The molecule has 1 aliphatic heterocycles. The Bertz CT molecular complexity index is 424. The first-order valence-electron chi connectivity index (χ1n) is 5.42. The maximum Gasteiger partial charge on any atom is 0.168 e. The van der Waals surface area contributed by atoms with E-state index >= 15 is 0 Å². The summed E-state index contributed by atoms with van der Waals surface area (Å²) in [6.45, 7) is 0.569. The number of hydroxylamine groups is 2. The third-order valence-electron chi connectivity index (χ3n) is 3.19. The van der Waals surface area contributed by atoms with Crippen LogP contribution in [0.2, 0.25) is 0 Å². The van der Waals surface area contributed by atoms with E-state index in [1.165, 1.54) is 18.2 Å². The summed E-state index contributed by atoms with van der Waals surface area (Å²) in [6, 6.07) is 3.95. The van der Waals surface area contributed by atoms with Gasteiger partial charge in [0.1, 0.15) is 6.29 Å². The van der Waals surface area contributed by atoms with E-state index in [-0.39, 0.29) is 11.7 Å². The molecule has 0 aromatic heterocycles. The molecule has 1 heterocycles. The van der Waals surface area contributed by atoms with E-state index in [9.17, 15) is 14.3 Å². The number of rotatable bonds is 3. The zero-order valence-corrected chi connectivity index (χ0v) is 9.47. The topological polar surface area (TPSA) is 49.8 Å². The SMILES string of the molecule is CON1CCC(c2cccc(O)c2F)C1C=O. The second-order valence-electron chi connectivity index (χ2n) is 4.03. The Balaban J connectivity index is 2.34. The summed E-state index contributed by atoms with van der Waals surface area (Å²) >= 11 is 0. The molecular formula is C12H14FNO3. The van der Waals surface area contributed by atoms with Gasteiger partial charge in [0.25, 0.3) is 0 Å². The molecule has 17 heavy (non-hydrogen) atoms. The fourth-order valence-electron chi connectivity index (χ4n) is 2.33. The van der Waals surface area contributed by atoms with Gasteiger partial charge in [-0.05, 0) is 18.1 Å². The zero-order valence-electron chi connectivity index (χ0n) is 9.47. The van der Waals surface area contributed by atoms with Gasteiger partial charge in [-0.2, -0.15) is 5.06 Å². The molecule has 5 heteroatoms. The second-order valence-corrected chi connectivity index (χ2v) is 4.03. The molecule has 0 saturated carbocycles. The molecule has 4 nitrogen and oxygen atoms in total. The van der Waals surface area contributed by atoms with Crippen molar-refractivity contribution in [1.82, 2.24) is 5.06 Å². The van der Waals surface area contributed by atoms with Gasteiger partial charge in [-0.1, -0.05) is 12.1 Å². The third-order valence-corrected chi connectivity index (χ3v) is 3.19. The Morgan fingerprint density at radius 3 is 3.00 bits per heavy atom. The summed E-state index contributed by atoms with van der Waals surface area (Å²) < 4.78 is 13.8. The van der Waals surface area contributed by atoms with Gasteiger partial charge in [0.2, 0.25) is 0 Å². The normalized spacial score (nSPS) is 25.1. The van der Waals surface area contributed by atoms with Crippen molar-refractivity contribution in [3.05, 3.63) is 29.6 Å². The van der Waals surface area contributed by atoms with Crippen LogP contribution < -0.4 is 0 Å². The molecule has 1 N–H and O–H groups in total. The number of phenols is 1. The van der Waals surface area contributed by atoms with Crippen LogP contribution in [0.15, 0.2) is 18.2 Å². The average Bonchev–Trinajstić information content (AvgIpc) is 2.75. The Kier molecular flexibility index (Phi) is 3.40. The molecule has 2 unspecified atom stereocenters. The average molecular weight is 239 g/mol. The predicted octanol–water partition coefficient (Wildman–Crippen LogP) is 1.45. The van der Waals surface area contributed by atoms with E-state index in [1.54, 1.807) is 12.1 Å². The van der Waals surface area contributed by atoms with Crippen molar-refractivity contribution < 1.29 is 19.1 Å². The van der Waals surface area contributed by atoms with E-state index in [4.69, 9.17) is 4.84 Å². The molecule has 0 spiro atoms. The summed E-state index contributed by atoms with van der Waals surface area (Å²) in [5.41, 5.74) is 0.363. The van der Waals surface area contributed by atoms with E-state index in [0.717, 1.165) is 6.29 Å². The van der Waals surface area contributed by atoms with Gasteiger partial charge in [0, 0.05) is 12.5 Å². The Hall–Kier alpha value is -1.46. The fourth-order valence-corrected chi connectivity index (χ4v) is 2.33. The standard InChI is InChI=1S/C12H14FNO3/c1-17-14-6-5-8(10(14)7-15)9-3-2-4-11(16)12(9)13/h2-4,7-8,10,16H,5-6H2,1H3. The Morgan fingerprint density at radius 2 is 2.35 bits per heavy atom. The van der Waals surface area contributed by atoms with Crippen LogP contribution in [-0.4, -0.2) is 36.2 Å². The highest BCUT2D eigenvalue weighted by molar-refractivity contribution is 5.61. The van der Waals surface area contributed by atoms with Crippen LogP contribution in [0, 0.1) is 5.82 Å². The largest absolute Gasteiger partial charge is 0.505 e. The number of nitrogens with zero attached hydrogens (tertiary/aromatic N) is 1. The minimum Gasteiger partial charge on any atom is -0.505 e. The van der Waals surface area contributed by atoms with Gasteiger partial charge in [0.05, 0.1) is 13.2 Å². The molecule has 92 valence electrons. The molecular weight excluding hydrogens is 225 g/mol. The molecule has 1 saturated heterocycles. The number of phenolic OH excluding ortho intramolecular Hbond substituents is 1. The van der Waals surface area contributed by atoms with Crippen LogP contribution in [0.25, 0.3) is 0 Å². The van der Waals surface area contributed by atoms with Crippen molar-refractivity contribution >= 4 is 6.29 Å². The van der Waals surface area contributed by atoms with E-state index < -0.39 is 11.9 Å². The number of hydrogen-bond donors (Lipinski definition) is 1. The smallest absolute Gasteiger partial charge is 0.168 e. The van der Waals surface area contributed by atoms with Gasteiger partial charge in [-0.15, -0.1) is 0 Å². The summed E-state index contributed by atoms with van der Waals surface area (Å²) in [5.74, 6) is -1.31. The monoisotopic (exact) mass is 239 g/mol. The predicted molar refractivity (Wildman–Crippen MR) is 59.0 cm³/mol. The van der Waals surface area contributed by atoms with Crippen LogP contribution in [0.4, 0.5) is 4.39 Å². The second kappa shape index (κ2) is 4.81. The molecule has 2 rings (SSSR count). The van der Waals surface area contributed by atoms with E-state index in [1.807, 2.05) is 0 Å². The molecule has 0 bridgehead atoms. The highest BCUT2D eigenvalue weighted by atomic mass is 19.1. The van der Waals surface area contributed by atoms with Gasteiger partial charge in [-0.3, -0.25) is 0 Å². The number of hydrogen-bond acceptors (Lipinski definition) is 4. The number of halogens is 1. The molecule has 1 aromatic rings. The zero-order chi connectivity index (χ0) is 12.4. The quantitative estimate of drug-likeness (QED) is 0.811. The summed E-state index contributed by atoms with van der Waals surface area (Å²) in [6.07, 6.45) is 1.38. The lowest BCUT2D eigenvalue weighted by Gasteiger charge is -2.21. The fraction of sp³-hybridized carbons (Fsp3) is 0.417. The van der Waals surface area contributed by atoms with Gasteiger partial charge in [0.15, 0.2) is 11.6 Å². The summed E-state index contributed by atoms with van der Waals surface area (Å²) in [5, 5.41) is 10.9. The molecule has 0 radical (unpaired) electrons. The van der Waals surface area contributed by atoms with Crippen molar-refractivity contribution in [3.63, 3.8) is 0 Å². The maximum atomic E-state index is 13.8. The summed E-state index contributed by atoms with van der Waals surface area (Å²) in [4.78, 5) is 16.1. The first-order chi connectivity index (χ1) is 8.19. The summed E-state index contributed by atoms with van der Waals surface area (Å²) in [7, 11) is 1.48. The first kappa shape index (κ1) is 12.0.